The van der Waals surface area contributed by atoms with Gasteiger partial charge < -0.3 is 4.57 Å². The van der Waals surface area contributed by atoms with E-state index < -0.39 is 0 Å². The molecule has 0 bridgehead atoms. The molecule has 1 nitrogen and oxygen atoms in total. The molecule has 0 saturated carbocycles. The summed E-state index contributed by atoms with van der Waals surface area (Å²) in [5.41, 5.74) is 17.8. The summed E-state index contributed by atoms with van der Waals surface area (Å²) in [5.74, 6) is -0.202. The van der Waals surface area contributed by atoms with Gasteiger partial charge in [0.15, 0.2) is 0 Å². The fourth-order valence-electron chi connectivity index (χ4n) is 8.85. The van der Waals surface area contributed by atoms with Crippen molar-refractivity contribution >= 4 is 53.7 Å². The molecule has 0 amide bonds. The van der Waals surface area contributed by atoms with Crippen molar-refractivity contribution in [2.45, 2.75) is 6.42 Å². The summed E-state index contributed by atoms with van der Waals surface area (Å²) >= 11 is 6.98. The fraction of sp³-hybridized carbons (Fsp3) is 0.0164. The summed E-state index contributed by atoms with van der Waals surface area (Å²) in [4.78, 5) is 0. The van der Waals surface area contributed by atoms with Crippen molar-refractivity contribution in [3.05, 3.63) is 269 Å². The maximum atomic E-state index is 14.1. The maximum absolute atomic E-state index is 14.1. The SMILES string of the molecule is Brc1ccc(-c2cc(-c3ccccc3)ccc2-n2c3ccccc3c3ccccc32)cc1.Fc1ccc(-c2ccccc2)cc1-c1ccc(Br)cc1.c1ccc2c(c1)Cc1ccccc1-2. The number of fused-ring (bicyclic) bond motifs is 6. The van der Waals surface area contributed by atoms with Gasteiger partial charge in [0.2, 0.25) is 0 Å². The van der Waals surface area contributed by atoms with Crippen LogP contribution < -0.4 is 0 Å². The quantitative estimate of drug-likeness (QED) is 0.162. The van der Waals surface area contributed by atoms with E-state index in [1.165, 1.54) is 78.1 Å². The number of para-hydroxylation sites is 2. The van der Waals surface area contributed by atoms with Crippen LogP contribution in [-0.4, -0.2) is 4.57 Å². The minimum absolute atomic E-state index is 0.202. The van der Waals surface area contributed by atoms with Crippen LogP contribution in [0.3, 0.4) is 0 Å². The number of aromatic nitrogens is 1. The highest BCUT2D eigenvalue weighted by Gasteiger charge is 2.18. The van der Waals surface area contributed by atoms with Crippen molar-refractivity contribution in [3.63, 3.8) is 0 Å². The van der Waals surface area contributed by atoms with E-state index in [0.717, 1.165) is 32.1 Å². The number of rotatable bonds is 5. The van der Waals surface area contributed by atoms with Gasteiger partial charge in [-0.3, -0.25) is 0 Å². The predicted molar refractivity (Wildman–Crippen MR) is 279 cm³/mol. The zero-order valence-corrected chi connectivity index (χ0v) is 38.6. The van der Waals surface area contributed by atoms with E-state index in [9.17, 15) is 4.39 Å². The molecule has 0 saturated heterocycles. The van der Waals surface area contributed by atoms with E-state index in [2.05, 4.69) is 206 Å². The Hall–Kier alpha value is -7.11. The van der Waals surface area contributed by atoms with Gasteiger partial charge in [-0.15, -0.1) is 0 Å². The molecule has 0 spiro atoms. The van der Waals surface area contributed by atoms with Crippen LogP contribution in [0, 0.1) is 5.82 Å². The topological polar surface area (TPSA) is 4.93 Å². The minimum Gasteiger partial charge on any atom is -0.309 e. The van der Waals surface area contributed by atoms with Gasteiger partial charge in [0, 0.05) is 30.8 Å². The van der Waals surface area contributed by atoms with Gasteiger partial charge in [-0.1, -0.05) is 214 Å². The molecule has 1 heterocycles. The van der Waals surface area contributed by atoms with E-state index in [4.69, 9.17) is 0 Å². The third kappa shape index (κ3) is 8.89. The van der Waals surface area contributed by atoms with E-state index >= 15 is 0 Å². The minimum atomic E-state index is -0.202. The Kier molecular flexibility index (Phi) is 12.2. The lowest BCUT2D eigenvalue weighted by Crippen LogP contribution is -1.98. The molecule has 1 aliphatic carbocycles. The molecular formula is C61H42Br2FN. The lowest BCUT2D eigenvalue weighted by molar-refractivity contribution is 0.631. The molecule has 0 radical (unpaired) electrons. The average molecular weight is 968 g/mol. The third-order valence-corrected chi connectivity index (χ3v) is 13.1. The first-order valence-corrected chi connectivity index (χ1v) is 23.3. The Morgan fingerprint density at radius 3 is 1.25 bits per heavy atom. The second kappa shape index (κ2) is 18.9. The lowest BCUT2D eigenvalue weighted by Gasteiger charge is -2.16. The number of benzene rings is 10. The van der Waals surface area contributed by atoms with Gasteiger partial charge >= 0.3 is 0 Å². The first-order chi connectivity index (χ1) is 32.0. The van der Waals surface area contributed by atoms with Crippen LogP contribution in [0.15, 0.2) is 252 Å². The predicted octanol–water partition coefficient (Wildman–Crippen LogP) is 18.1. The molecule has 1 aliphatic rings. The molecule has 10 aromatic carbocycles. The zero-order valence-electron chi connectivity index (χ0n) is 35.4. The molecular weight excluding hydrogens is 925 g/mol. The van der Waals surface area contributed by atoms with E-state index in [0.29, 0.717) is 5.56 Å². The largest absolute Gasteiger partial charge is 0.309 e. The molecule has 1 aromatic heterocycles. The lowest BCUT2D eigenvalue weighted by atomic mass is 9.97. The number of halogens is 3. The summed E-state index contributed by atoms with van der Waals surface area (Å²) < 4.78 is 18.5. The summed E-state index contributed by atoms with van der Waals surface area (Å²) in [6.45, 7) is 0. The molecule has 65 heavy (non-hydrogen) atoms. The van der Waals surface area contributed by atoms with Gasteiger partial charge in [-0.05, 0) is 123 Å². The third-order valence-electron chi connectivity index (χ3n) is 12.0. The summed E-state index contributed by atoms with van der Waals surface area (Å²) in [7, 11) is 0. The van der Waals surface area contributed by atoms with Crippen LogP contribution in [0.1, 0.15) is 11.1 Å². The normalized spacial score (nSPS) is 11.2. The molecule has 0 fully saturated rings. The van der Waals surface area contributed by atoms with E-state index in [1.807, 2.05) is 66.7 Å². The number of nitrogens with zero attached hydrogens (tertiary/aromatic N) is 1. The van der Waals surface area contributed by atoms with Crippen LogP contribution in [0.25, 0.3) is 83.1 Å². The second-order valence-corrected chi connectivity index (χ2v) is 17.9. The molecule has 11 aromatic rings. The van der Waals surface area contributed by atoms with Crippen LogP contribution >= 0.6 is 31.9 Å². The fourth-order valence-corrected chi connectivity index (χ4v) is 9.38. The van der Waals surface area contributed by atoms with Crippen molar-refractivity contribution in [2.75, 3.05) is 0 Å². The molecule has 4 heteroatoms. The Morgan fingerprint density at radius 2 is 0.723 bits per heavy atom. The second-order valence-electron chi connectivity index (χ2n) is 16.0. The van der Waals surface area contributed by atoms with Crippen molar-refractivity contribution in [1.82, 2.24) is 4.57 Å². The zero-order chi connectivity index (χ0) is 44.1. The van der Waals surface area contributed by atoms with Gasteiger partial charge in [0.1, 0.15) is 5.82 Å². The van der Waals surface area contributed by atoms with Gasteiger partial charge in [0.05, 0.1) is 16.7 Å². The summed E-state index contributed by atoms with van der Waals surface area (Å²) in [5, 5.41) is 2.55. The Morgan fingerprint density at radius 1 is 0.323 bits per heavy atom. The Labute approximate surface area is 396 Å². The Balaban J connectivity index is 0.000000128. The smallest absolute Gasteiger partial charge is 0.131 e. The van der Waals surface area contributed by atoms with Gasteiger partial charge in [-0.25, -0.2) is 4.39 Å². The Bertz CT molecular complexity index is 3320. The van der Waals surface area contributed by atoms with Crippen molar-refractivity contribution in [2.24, 2.45) is 0 Å². The molecule has 0 atom stereocenters. The summed E-state index contributed by atoms with van der Waals surface area (Å²) in [6.07, 6.45) is 1.10. The van der Waals surface area contributed by atoms with Crippen molar-refractivity contribution in [1.29, 1.82) is 0 Å². The van der Waals surface area contributed by atoms with Crippen molar-refractivity contribution in [3.8, 4) is 61.3 Å². The van der Waals surface area contributed by atoms with Crippen LogP contribution in [0.4, 0.5) is 4.39 Å². The highest BCUT2D eigenvalue weighted by molar-refractivity contribution is 9.10. The van der Waals surface area contributed by atoms with E-state index in [-0.39, 0.29) is 5.82 Å². The maximum Gasteiger partial charge on any atom is 0.131 e. The highest BCUT2D eigenvalue weighted by Crippen LogP contribution is 2.39. The monoisotopic (exact) mass is 965 g/mol. The molecule has 12 rings (SSSR count). The van der Waals surface area contributed by atoms with Crippen LogP contribution in [-0.2, 0) is 6.42 Å². The number of hydrogen-bond donors (Lipinski definition) is 0. The molecule has 0 N–H and O–H groups in total. The van der Waals surface area contributed by atoms with Gasteiger partial charge in [0.25, 0.3) is 0 Å². The van der Waals surface area contributed by atoms with Crippen LogP contribution in [0.5, 0.6) is 0 Å². The average Bonchev–Trinajstić information content (AvgIpc) is 3.92. The molecule has 0 aliphatic heterocycles. The summed E-state index contributed by atoms with van der Waals surface area (Å²) in [6, 6.07) is 83.5. The first kappa shape index (κ1) is 41.9. The highest BCUT2D eigenvalue weighted by atomic mass is 79.9. The van der Waals surface area contributed by atoms with Crippen LogP contribution in [0.2, 0.25) is 0 Å². The standard InChI is InChI=1S/C30H20BrN.C18H12BrF.C13H10/c31-24-17-14-22(15-18-24)27-20-23(21-8-2-1-3-9-21)16-19-30(27)32-28-12-6-4-10-25(28)26-11-5-7-13-29(26)32;19-16-9-6-14(7-10-16)17-12-15(8-11-18(17)20)13-4-2-1-3-5-13;1-3-7-12-10(5-1)9-11-6-2-4-8-13(11)12/h1-20H;1-12H;1-8H,9H2. The molecule has 312 valence electrons. The van der Waals surface area contributed by atoms with Crippen molar-refractivity contribution < 1.29 is 4.39 Å². The molecule has 0 unspecified atom stereocenters. The van der Waals surface area contributed by atoms with E-state index in [1.54, 1.807) is 0 Å². The first-order valence-electron chi connectivity index (χ1n) is 21.7. The number of hydrogen-bond acceptors (Lipinski definition) is 0. The van der Waals surface area contributed by atoms with Gasteiger partial charge in [-0.2, -0.15) is 0 Å².